The number of nitrogens with one attached hydrogen (secondary N) is 1. The number of carbonyl (C=O) groups excluding carboxylic acids is 2. The summed E-state index contributed by atoms with van der Waals surface area (Å²) in [5.74, 6) is -0.258. The molecule has 1 fully saturated rings. The van der Waals surface area contributed by atoms with E-state index < -0.39 is 0 Å². The lowest BCUT2D eigenvalue weighted by Crippen LogP contribution is -2.46. The molecule has 0 radical (unpaired) electrons. The van der Waals surface area contributed by atoms with Gasteiger partial charge in [0.05, 0.1) is 0 Å². The van der Waals surface area contributed by atoms with Gasteiger partial charge in [-0.3, -0.25) is 9.59 Å². The summed E-state index contributed by atoms with van der Waals surface area (Å²) in [5.41, 5.74) is 6.01. The summed E-state index contributed by atoms with van der Waals surface area (Å²) < 4.78 is 14.3. The molecule has 3 aromatic rings. The highest BCUT2D eigenvalue weighted by Gasteiger charge is 2.34. The first-order valence-electron chi connectivity index (χ1n) is 12.8. The van der Waals surface area contributed by atoms with Crippen LogP contribution in [0.4, 0.5) is 15.8 Å². The Kier molecular flexibility index (Phi) is 7.96. The number of halogens is 1. The normalized spacial score (nSPS) is 17.6. The highest BCUT2D eigenvalue weighted by molar-refractivity contribution is 5.99. The average molecular weight is 502 g/mol. The van der Waals surface area contributed by atoms with Gasteiger partial charge in [-0.1, -0.05) is 37.3 Å². The van der Waals surface area contributed by atoms with Crippen molar-refractivity contribution in [3.05, 3.63) is 94.3 Å². The molecule has 2 atom stereocenters. The molecule has 1 heterocycles. The van der Waals surface area contributed by atoms with E-state index in [0.717, 1.165) is 34.5 Å². The van der Waals surface area contributed by atoms with Crippen molar-refractivity contribution in [2.24, 2.45) is 11.8 Å². The fourth-order valence-electron chi connectivity index (χ4n) is 5.32. The fraction of sp³-hybridized carbons (Fsp3) is 0.355. The third-order valence-corrected chi connectivity index (χ3v) is 7.21. The van der Waals surface area contributed by atoms with E-state index in [0.29, 0.717) is 30.6 Å². The summed E-state index contributed by atoms with van der Waals surface area (Å²) in [7, 11) is 3.99. The van der Waals surface area contributed by atoms with Crippen molar-refractivity contribution in [2.75, 3.05) is 30.4 Å². The lowest BCUT2D eigenvalue weighted by molar-refractivity contribution is -0.124. The maximum atomic E-state index is 14.3. The predicted octanol–water partition coefficient (Wildman–Crippen LogP) is 5.67. The van der Waals surface area contributed by atoms with Crippen LogP contribution in [0.2, 0.25) is 0 Å². The molecule has 1 N–H and O–H groups in total. The van der Waals surface area contributed by atoms with Crippen LogP contribution >= 0.6 is 0 Å². The van der Waals surface area contributed by atoms with Gasteiger partial charge in [-0.2, -0.15) is 0 Å². The molecule has 194 valence electrons. The van der Waals surface area contributed by atoms with E-state index in [1.165, 1.54) is 6.07 Å². The molecule has 1 aliphatic rings. The molecule has 5 nitrogen and oxygen atoms in total. The Hall–Kier alpha value is -3.67. The van der Waals surface area contributed by atoms with Crippen molar-refractivity contribution in [2.45, 2.75) is 40.2 Å². The number of nitrogens with zero attached hydrogens (tertiary/aromatic N) is 2. The number of hydrogen-bond donors (Lipinski definition) is 1. The van der Waals surface area contributed by atoms with E-state index >= 15 is 0 Å². The van der Waals surface area contributed by atoms with Gasteiger partial charge in [0.25, 0.3) is 5.91 Å². The zero-order valence-corrected chi connectivity index (χ0v) is 22.3. The Morgan fingerprint density at radius 3 is 2.32 bits per heavy atom. The van der Waals surface area contributed by atoms with E-state index in [-0.39, 0.29) is 29.5 Å². The first-order valence-corrected chi connectivity index (χ1v) is 12.8. The fourth-order valence-corrected chi connectivity index (χ4v) is 5.32. The summed E-state index contributed by atoms with van der Waals surface area (Å²) in [6.45, 7) is 6.80. The second-order valence-corrected chi connectivity index (χ2v) is 10.4. The monoisotopic (exact) mass is 501 g/mol. The average Bonchev–Trinajstić information content (AvgIpc) is 2.86. The van der Waals surface area contributed by atoms with Crippen LogP contribution in [0.25, 0.3) is 0 Å². The molecule has 0 aliphatic carbocycles. The minimum atomic E-state index is -0.199. The molecular formula is C31H36FN3O2. The Bertz CT molecular complexity index is 1260. The SMILES string of the molecule is Cc1cc(C(=O)NCc2ccc(N(C)C)cc2)cc(C)c1N1C[C@@H](Cc2ccccc2F)C[C@@H](C)C1=O. The number of piperidine rings is 1. The van der Waals surface area contributed by atoms with E-state index in [2.05, 4.69) is 5.32 Å². The van der Waals surface area contributed by atoms with Crippen molar-refractivity contribution >= 4 is 23.2 Å². The summed E-state index contributed by atoms with van der Waals surface area (Å²) in [4.78, 5) is 30.0. The van der Waals surface area contributed by atoms with Gasteiger partial charge in [-0.15, -0.1) is 0 Å². The standard InChI is InChI=1S/C31H36FN3O2/c1-20-15-26(30(36)33-18-23-10-12-27(13-11-23)34(4)5)16-21(2)29(20)35-19-24(14-22(3)31(35)37)17-25-8-6-7-9-28(25)32/h6-13,15-16,22,24H,14,17-19H2,1-5H3,(H,33,36)/t22-,24-/m1/s1. The lowest BCUT2D eigenvalue weighted by atomic mass is 9.84. The van der Waals surface area contributed by atoms with Gasteiger partial charge in [-0.05, 0) is 85.2 Å². The molecule has 0 unspecified atom stereocenters. The number of benzene rings is 3. The zero-order chi connectivity index (χ0) is 26.7. The molecule has 1 aliphatic heterocycles. The number of amides is 2. The molecule has 1 saturated heterocycles. The van der Waals surface area contributed by atoms with Gasteiger partial charge in [0.1, 0.15) is 5.82 Å². The number of rotatable bonds is 7. The molecule has 0 bridgehead atoms. The van der Waals surface area contributed by atoms with Crippen LogP contribution in [-0.4, -0.2) is 32.5 Å². The number of anilines is 2. The first kappa shape index (κ1) is 26.4. The summed E-state index contributed by atoms with van der Waals surface area (Å²) in [5, 5.41) is 3.00. The Morgan fingerprint density at radius 1 is 1.05 bits per heavy atom. The molecule has 0 spiro atoms. The third kappa shape index (κ3) is 6.01. The summed E-state index contributed by atoms with van der Waals surface area (Å²) in [6.07, 6.45) is 1.33. The minimum absolute atomic E-state index is 0.0781. The zero-order valence-electron chi connectivity index (χ0n) is 22.3. The van der Waals surface area contributed by atoms with Gasteiger partial charge in [0.15, 0.2) is 0 Å². The van der Waals surface area contributed by atoms with Gasteiger partial charge in [-0.25, -0.2) is 4.39 Å². The van der Waals surface area contributed by atoms with E-state index in [1.54, 1.807) is 6.07 Å². The van der Waals surface area contributed by atoms with Crippen LogP contribution in [0.5, 0.6) is 0 Å². The molecule has 0 aromatic heterocycles. The maximum absolute atomic E-state index is 14.3. The topological polar surface area (TPSA) is 52.7 Å². The van der Waals surface area contributed by atoms with Gasteiger partial charge in [0, 0.05) is 50.0 Å². The van der Waals surface area contributed by atoms with Crippen LogP contribution in [0.15, 0.2) is 60.7 Å². The molecule has 37 heavy (non-hydrogen) atoms. The van der Waals surface area contributed by atoms with Crippen LogP contribution in [0, 0.1) is 31.5 Å². The molecule has 0 saturated carbocycles. The van der Waals surface area contributed by atoms with Crippen molar-refractivity contribution in [3.8, 4) is 0 Å². The predicted molar refractivity (Wildman–Crippen MR) is 148 cm³/mol. The molecule has 4 rings (SSSR count). The van der Waals surface area contributed by atoms with Crippen molar-refractivity contribution < 1.29 is 14.0 Å². The minimum Gasteiger partial charge on any atom is -0.378 e. The van der Waals surface area contributed by atoms with Crippen LogP contribution in [0.1, 0.15) is 46.0 Å². The Morgan fingerprint density at radius 2 is 1.70 bits per heavy atom. The lowest BCUT2D eigenvalue weighted by Gasteiger charge is -2.38. The Labute approximate surface area is 219 Å². The molecule has 3 aromatic carbocycles. The van der Waals surface area contributed by atoms with Gasteiger partial charge in [0.2, 0.25) is 5.91 Å². The van der Waals surface area contributed by atoms with Crippen molar-refractivity contribution in [3.63, 3.8) is 0 Å². The molecule has 2 amide bonds. The second-order valence-electron chi connectivity index (χ2n) is 10.4. The molecule has 6 heteroatoms. The number of carbonyl (C=O) groups is 2. The first-order chi connectivity index (χ1) is 17.6. The van der Waals surface area contributed by atoms with E-state index in [9.17, 15) is 14.0 Å². The highest BCUT2D eigenvalue weighted by atomic mass is 19.1. The summed E-state index contributed by atoms with van der Waals surface area (Å²) >= 11 is 0. The number of aryl methyl sites for hydroxylation is 2. The van der Waals surface area contributed by atoms with Gasteiger partial charge < -0.3 is 15.1 Å². The maximum Gasteiger partial charge on any atom is 0.251 e. The van der Waals surface area contributed by atoms with Crippen LogP contribution in [-0.2, 0) is 17.8 Å². The van der Waals surface area contributed by atoms with E-state index in [1.807, 2.05) is 93.2 Å². The smallest absolute Gasteiger partial charge is 0.251 e. The number of hydrogen-bond acceptors (Lipinski definition) is 3. The Balaban J connectivity index is 1.49. The third-order valence-electron chi connectivity index (χ3n) is 7.21. The van der Waals surface area contributed by atoms with Crippen LogP contribution in [0.3, 0.4) is 0 Å². The summed E-state index contributed by atoms with van der Waals surface area (Å²) in [6, 6.07) is 18.6. The second kappa shape index (κ2) is 11.2. The largest absolute Gasteiger partial charge is 0.378 e. The quantitative estimate of drug-likeness (QED) is 0.454. The van der Waals surface area contributed by atoms with Crippen LogP contribution < -0.4 is 15.1 Å². The van der Waals surface area contributed by atoms with Crippen molar-refractivity contribution in [1.29, 1.82) is 0 Å². The van der Waals surface area contributed by atoms with E-state index in [4.69, 9.17) is 0 Å². The van der Waals surface area contributed by atoms with Crippen molar-refractivity contribution in [1.82, 2.24) is 5.32 Å². The highest BCUT2D eigenvalue weighted by Crippen LogP contribution is 2.34. The van der Waals surface area contributed by atoms with Gasteiger partial charge >= 0.3 is 0 Å². The molecular weight excluding hydrogens is 465 g/mol.